The van der Waals surface area contributed by atoms with Crippen LogP contribution in [0.1, 0.15) is 0 Å². The second kappa shape index (κ2) is 5.74. The van der Waals surface area contributed by atoms with Gasteiger partial charge in [0.25, 0.3) is 0 Å². The fourth-order valence-electron chi connectivity index (χ4n) is 2.04. The van der Waals surface area contributed by atoms with Crippen LogP contribution < -0.4 is 4.90 Å². The summed E-state index contributed by atoms with van der Waals surface area (Å²) >= 11 is 5.54. The van der Waals surface area contributed by atoms with Gasteiger partial charge in [-0.15, -0.1) is 11.6 Å². The normalized spacial score (nSPS) is 15.3. The van der Waals surface area contributed by atoms with Crippen LogP contribution in [-0.4, -0.2) is 42.9 Å². The standard InChI is InChI=1S/C13H14ClN3O/c1-15-11-2-4-12(5-3-11)16-6-8-17(9-7-16)13(18)10-14/h2-5H,6-10H2. The third kappa shape index (κ3) is 2.74. The lowest BCUT2D eigenvalue weighted by Crippen LogP contribution is -2.49. The summed E-state index contributed by atoms with van der Waals surface area (Å²) in [6, 6.07) is 7.54. The van der Waals surface area contributed by atoms with Crippen LogP contribution in [0.25, 0.3) is 4.85 Å². The molecule has 1 heterocycles. The van der Waals surface area contributed by atoms with Crippen LogP contribution in [0, 0.1) is 6.57 Å². The van der Waals surface area contributed by atoms with E-state index in [4.69, 9.17) is 18.2 Å². The second-order valence-electron chi connectivity index (χ2n) is 4.13. The third-order valence-corrected chi connectivity index (χ3v) is 3.32. The van der Waals surface area contributed by atoms with Crippen LogP contribution >= 0.6 is 11.6 Å². The minimum atomic E-state index is -0.000305. The molecule has 0 atom stereocenters. The number of alkyl halides is 1. The number of piperazine rings is 1. The van der Waals surface area contributed by atoms with Crippen molar-refractivity contribution in [1.29, 1.82) is 0 Å². The minimum absolute atomic E-state index is 0.000305. The van der Waals surface area contributed by atoms with Gasteiger partial charge in [0, 0.05) is 31.9 Å². The molecule has 1 aromatic rings. The molecule has 1 saturated heterocycles. The average Bonchev–Trinajstić information content (AvgIpc) is 2.47. The second-order valence-corrected chi connectivity index (χ2v) is 4.40. The number of carbonyl (C=O) groups excluding carboxylic acids is 1. The van der Waals surface area contributed by atoms with E-state index in [-0.39, 0.29) is 11.8 Å². The van der Waals surface area contributed by atoms with E-state index in [0.29, 0.717) is 18.8 Å². The van der Waals surface area contributed by atoms with E-state index in [1.807, 2.05) is 24.3 Å². The molecule has 0 aliphatic carbocycles. The molecule has 1 amide bonds. The zero-order chi connectivity index (χ0) is 13.0. The van der Waals surface area contributed by atoms with Crippen LogP contribution in [0.2, 0.25) is 0 Å². The summed E-state index contributed by atoms with van der Waals surface area (Å²) in [6.07, 6.45) is 0. The highest BCUT2D eigenvalue weighted by molar-refractivity contribution is 6.27. The Bertz CT molecular complexity index is 458. The molecule has 18 heavy (non-hydrogen) atoms. The molecule has 4 nitrogen and oxygen atoms in total. The maximum atomic E-state index is 11.4. The Labute approximate surface area is 112 Å². The van der Waals surface area contributed by atoms with E-state index in [9.17, 15) is 4.79 Å². The summed E-state index contributed by atoms with van der Waals surface area (Å²) in [7, 11) is 0. The largest absolute Gasteiger partial charge is 0.368 e. The number of carbonyl (C=O) groups is 1. The zero-order valence-electron chi connectivity index (χ0n) is 9.97. The number of anilines is 1. The van der Waals surface area contributed by atoms with Gasteiger partial charge < -0.3 is 9.80 Å². The number of hydrogen-bond donors (Lipinski definition) is 0. The SMILES string of the molecule is [C-]#[N+]c1ccc(N2CCN(C(=O)CCl)CC2)cc1. The Balaban J connectivity index is 1.97. The van der Waals surface area contributed by atoms with Crippen molar-refractivity contribution in [2.45, 2.75) is 0 Å². The van der Waals surface area contributed by atoms with Gasteiger partial charge in [-0.25, -0.2) is 4.85 Å². The summed E-state index contributed by atoms with van der Waals surface area (Å²) in [5.41, 5.74) is 1.75. The van der Waals surface area contributed by atoms with Crippen molar-refractivity contribution >= 4 is 28.9 Å². The number of rotatable bonds is 2. The lowest BCUT2D eigenvalue weighted by molar-refractivity contribution is -0.128. The lowest BCUT2D eigenvalue weighted by atomic mass is 10.2. The molecule has 0 aromatic heterocycles. The van der Waals surface area contributed by atoms with E-state index in [1.54, 1.807) is 4.90 Å². The molecule has 0 bridgehead atoms. The predicted octanol–water partition coefficient (Wildman–Crippen LogP) is 2.12. The highest BCUT2D eigenvalue weighted by Gasteiger charge is 2.20. The Kier molecular flexibility index (Phi) is 4.06. The van der Waals surface area contributed by atoms with Gasteiger partial charge in [-0.05, 0) is 12.1 Å². The number of halogens is 1. The molecular weight excluding hydrogens is 250 g/mol. The van der Waals surface area contributed by atoms with Gasteiger partial charge >= 0.3 is 0 Å². The van der Waals surface area contributed by atoms with Crippen molar-refractivity contribution in [2.75, 3.05) is 37.0 Å². The number of amides is 1. The van der Waals surface area contributed by atoms with Gasteiger partial charge in [-0.3, -0.25) is 4.79 Å². The third-order valence-electron chi connectivity index (χ3n) is 3.09. The summed E-state index contributed by atoms with van der Waals surface area (Å²) in [5.74, 6) is 0.0550. The summed E-state index contributed by atoms with van der Waals surface area (Å²) < 4.78 is 0. The van der Waals surface area contributed by atoms with Crippen LogP contribution in [0.3, 0.4) is 0 Å². The number of benzene rings is 1. The van der Waals surface area contributed by atoms with Crippen molar-refractivity contribution < 1.29 is 4.79 Å². The quantitative estimate of drug-likeness (QED) is 0.604. The highest BCUT2D eigenvalue weighted by atomic mass is 35.5. The molecule has 1 aliphatic heterocycles. The Hall–Kier alpha value is -1.73. The van der Waals surface area contributed by atoms with Crippen LogP contribution in [0.15, 0.2) is 24.3 Å². The molecule has 1 aromatic carbocycles. The lowest BCUT2D eigenvalue weighted by Gasteiger charge is -2.35. The first kappa shape index (κ1) is 12.7. The molecule has 0 N–H and O–H groups in total. The maximum absolute atomic E-state index is 11.4. The molecule has 1 fully saturated rings. The predicted molar refractivity (Wildman–Crippen MR) is 72.2 cm³/mol. The number of nitrogens with zero attached hydrogens (tertiary/aromatic N) is 3. The van der Waals surface area contributed by atoms with Crippen LogP contribution in [0.5, 0.6) is 0 Å². The van der Waals surface area contributed by atoms with Gasteiger partial charge in [0.05, 0.1) is 6.57 Å². The van der Waals surface area contributed by atoms with Crippen molar-refractivity contribution in [3.63, 3.8) is 0 Å². The van der Waals surface area contributed by atoms with Gasteiger partial charge in [0.1, 0.15) is 5.88 Å². The first-order valence-electron chi connectivity index (χ1n) is 5.81. The average molecular weight is 264 g/mol. The van der Waals surface area contributed by atoms with E-state index in [2.05, 4.69) is 9.74 Å². The molecule has 0 radical (unpaired) electrons. The monoisotopic (exact) mass is 263 g/mol. The van der Waals surface area contributed by atoms with Crippen molar-refractivity contribution in [2.24, 2.45) is 0 Å². The van der Waals surface area contributed by atoms with E-state index in [0.717, 1.165) is 18.8 Å². The van der Waals surface area contributed by atoms with Crippen molar-refractivity contribution in [1.82, 2.24) is 4.90 Å². The summed E-state index contributed by atoms with van der Waals surface area (Å²) in [6.45, 7) is 9.93. The van der Waals surface area contributed by atoms with Gasteiger partial charge in [0.15, 0.2) is 5.69 Å². The fourth-order valence-corrected chi connectivity index (χ4v) is 2.21. The van der Waals surface area contributed by atoms with Crippen molar-refractivity contribution in [3.05, 3.63) is 35.7 Å². The van der Waals surface area contributed by atoms with Gasteiger partial charge in [0.2, 0.25) is 5.91 Å². The highest BCUT2D eigenvalue weighted by Crippen LogP contribution is 2.20. The van der Waals surface area contributed by atoms with Gasteiger partial charge in [-0.2, -0.15) is 0 Å². The molecule has 0 spiro atoms. The fraction of sp³-hybridized carbons (Fsp3) is 0.385. The first-order chi connectivity index (χ1) is 8.74. The first-order valence-corrected chi connectivity index (χ1v) is 6.34. The molecule has 0 saturated carbocycles. The Morgan fingerprint density at radius 1 is 1.22 bits per heavy atom. The Morgan fingerprint density at radius 3 is 2.33 bits per heavy atom. The smallest absolute Gasteiger partial charge is 0.237 e. The Morgan fingerprint density at radius 2 is 1.83 bits per heavy atom. The van der Waals surface area contributed by atoms with E-state index >= 15 is 0 Å². The molecular formula is C13H14ClN3O. The molecule has 5 heteroatoms. The van der Waals surface area contributed by atoms with E-state index in [1.165, 1.54) is 0 Å². The molecule has 94 valence electrons. The molecule has 2 rings (SSSR count). The van der Waals surface area contributed by atoms with Crippen molar-refractivity contribution in [3.8, 4) is 0 Å². The zero-order valence-corrected chi connectivity index (χ0v) is 10.7. The van der Waals surface area contributed by atoms with Gasteiger partial charge in [-0.1, -0.05) is 12.1 Å². The molecule has 1 aliphatic rings. The van der Waals surface area contributed by atoms with E-state index < -0.39 is 0 Å². The summed E-state index contributed by atoms with van der Waals surface area (Å²) in [4.78, 5) is 18.8. The summed E-state index contributed by atoms with van der Waals surface area (Å²) in [5, 5.41) is 0. The maximum Gasteiger partial charge on any atom is 0.237 e. The topological polar surface area (TPSA) is 27.9 Å². The van der Waals surface area contributed by atoms with Crippen LogP contribution in [-0.2, 0) is 4.79 Å². The molecule has 0 unspecified atom stereocenters. The number of hydrogen-bond acceptors (Lipinski definition) is 2. The minimum Gasteiger partial charge on any atom is -0.368 e. The van der Waals surface area contributed by atoms with Crippen LogP contribution in [0.4, 0.5) is 11.4 Å².